The Morgan fingerprint density at radius 3 is 2.21 bits per heavy atom. The van der Waals surface area contributed by atoms with Gasteiger partial charge >= 0.3 is 0 Å². The van der Waals surface area contributed by atoms with E-state index in [9.17, 15) is 20.0 Å². The van der Waals surface area contributed by atoms with Crippen molar-refractivity contribution in [1.29, 1.82) is 0 Å². The quantitative estimate of drug-likeness (QED) is 0.203. The number of carbonyl (C=O) groups is 1. The highest BCUT2D eigenvalue weighted by Gasteiger charge is 2.49. The average molecular weight is 478 g/mol. The molecule has 1 amide bonds. The van der Waals surface area contributed by atoms with E-state index < -0.39 is 22.7 Å². The maximum absolute atomic E-state index is 12.0. The van der Waals surface area contributed by atoms with Crippen LogP contribution in [0.15, 0.2) is 12.1 Å². The molecule has 1 aromatic rings. The van der Waals surface area contributed by atoms with Crippen LogP contribution in [0.4, 0.5) is 11.4 Å². The van der Waals surface area contributed by atoms with Crippen molar-refractivity contribution < 1.29 is 19.6 Å². The van der Waals surface area contributed by atoms with Crippen LogP contribution >= 0.6 is 0 Å². The predicted molar refractivity (Wildman–Crippen MR) is 135 cm³/mol. The van der Waals surface area contributed by atoms with E-state index in [4.69, 9.17) is 4.74 Å². The first-order valence-corrected chi connectivity index (χ1v) is 12.9. The third-order valence-electron chi connectivity index (χ3n) is 6.94. The summed E-state index contributed by atoms with van der Waals surface area (Å²) in [4.78, 5) is 24.8. The lowest BCUT2D eigenvalue weighted by Gasteiger charge is -2.47. The number of nitro groups is 1. The SMILES string of the molecule is CCCCCC1(CCCCC)Oc2cc([N+](=O)[O-])c(N(C)C(C)=O)cc2C(NCCCC)C1O. The number of nitrogens with zero attached hydrogens (tertiary/aromatic N) is 2. The van der Waals surface area contributed by atoms with Gasteiger partial charge in [-0.3, -0.25) is 14.9 Å². The number of nitro benzene ring substituents is 1. The number of anilines is 1. The number of hydrogen-bond donors (Lipinski definition) is 2. The van der Waals surface area contributed by atoms with Gasteiger partial charge in [0.15, 0.2) is 0 Å². The molecule has 0 spiro atoms. The van der Waals surface area contributed by atoms with Gasteiger partial charge in [0.2, 0.25) is 5.91 Å². The highest BCUT2D eigenvalue weighted by atomic mass is 16.6. The van der Waals surface area contributed by atoms with E-state index in [0.29, 0.717) is 30.7 Å². The van der Waals surface area contributed by atoms with Gasteiger partial charge in [-0.25, -0.2) is 0 Å². The van der Waals surface area contributed by atoms with Crippen molar-refractivity contribution >= 4 is 17.3 Å². The lowest BCUT2D eigenvalue weighted by molar-refractivity contribution is -0.384. The summed E-state index contributed by atoms with van der Waals surface area (Å²) in [6.07, 6.45) is 8.57. The minimum Gasteiger partial charge on any atom is -0.484 e. The Morgan fingerprint density at radius 2 is 1.71 bits per heavy atom. The summed E-state index contributed by atoms with van der Waals surface area (Å²) in [5, 5.41) is 27.2. The van der Waals surface area contributed by atoms with E-state index in [1.54, 1.807) is 6.07 Å². The van der Waals surface area contributed by atoms with Gasteiger partial charge in [0, 0.05) is 19.5 Å². The van der Waals surface area contributed by atoms with Crippen LogP contribution < -0.4 is 15.0 Å². The Hall–Kier alpha value is -2.19. The van der Waals surface area contributed by atoms with Crippen molar-refractivity contribution in [3.05, 3.63) is 27.8 Å². The van der Waals surface area contributed by atoms with Gasteiger partial charge in [-0.05, 0) is 44.7 Å². The van der Waals surface area contributed by atoms with Crippen molar-refractivity contribution in [3.8, 4) is 5.75 Å². The lowest BCUT2D eigenvalue weighted by atomic mass is 9.77. The Morgan fingerprint density at radius 1 is 1.12 bits per heavy atom. The van der Waals surface area contributed by atoms with Crippen molar-refractivity contribution in [2.24, 2.45) is 0 Å². The zero-order valence-electron chi connectivity index (χ0n) is 21.6. The second-order valence-electron chi connectivity index (χ2n) is 9.53. The van der Waals surface area contributed by atoms with Crippen molar-refractivity contribution in [2.45, 2.75) is 110 Å². The molecular formula is C26H43N3O5. The number of nitrogens with one attached hydrogen (secondary N) is 1. The van der Waals surface area contributed by atoms with Crippen LogP contribution in [0.25, 0.3) is 0 Å². The zero-order valence-corrected chi connectivity index (χ0v) is 21.6. The smallest absolute Gasteiger partial charge is 0.296 e. The Kier molecular flexibility index (Phi) is 10.8. The van der Waals surface area contributed by atoms with Crippen LogP contribution in [0.3, 0.4) is 0 Å². The Labute approximate surface area is 204 Å². The number of aliphatic hydroxyl groups is 1. The largest absolute Gasteiger partial charge is 0.484 e. The van der Waals surface area contributed by atoms with Gasteiger partial charge in [0.25, 0.3) is 5.69 Å². The number of fused-ring (bicyclic) bond motifs is 1. The van der Waals surface area contributed by atoms with E-state index in [0.717, 1.165) is 51.4 Å². The second kappa shape index (κ2) is 13.0. The third kappa shape index (κ3) is 6.48. The Balaban J connectivity index is 2.62. The van der Waals surface area contributed by atoms with E-state index in [2.05, 4.69) is 26.1 Å². The normalized spacial score (nSPS) is 18.8. The summed E-state index contributed by atoms with van der Waals surface area (Å²) in [6.45, 7) is 8.48. The number of carbonyl (C=O) groups excluding carboxylic acids is 1. The summed E-state index contributed by atoms with van der Waals surface area (Å²) in [6, 6.07) is 2.65. The molecule has 8 nitrogen and oxygen atoms in total. The number of unbranched alkanes of at least 4 members (excludes halogenated alkanes) is 5. The molecule has 0 radical (unpaired) electrons. The van der Waals surface area contributed by atoms with Crippen LogP contribution in [0.5, 0.6) is 5.75 Å². The topological polar surface area (TPSA) is 105 Å². The molecule has 1 aromatic carbocycles. The molecule has 0 aliphatic carbocycles. The third-order valence-corrected chi connectivity index (χ3v) is 6.94. The number of hydrogen-bond acceptors (Lipinski definition) is 6. The molecule has 1 heterocycles. The molecule has 2 rings (SSSR count). The van der Waals surface area contributed by atoms with Gasteiger partial charge in [-0.2, -0.15) is 0 Å². The molecule has 2 atom stereocenters. The molecule has 0 saturated carbocycles. The number of benzene rings is 1. The van der Waals surface area contributed by atoms with Crippen molar-refractivity contribution in [1.82, 2.24) is 5.32 Å². The molecule has 192 valence electrons. The lowest BCUT2D eigenvalue weighted by Crippen LogP contribution is -2.56. The fourth-order valence-electron chi connectivity index (χ4n) is 4.77. The fraction of sp³-hybridized carbons (Fsp3) is 0.731. The summed E-state index contributed by atoms with van der Waals surface area (Å²) in [5.41, 5.74) is -0.0998. The molecule has 0 aromatic heterocycles. The highest BCUT2D eigenvalue weighted by molar-refractivity contribution is 5.94. The van der Waals surface area contributed by atoms with Crippen LogP contribution in [0.2, 0.25) is 0 Å². The molecule has 1 aliphatic heterocycles. The number of amides is 1. The Bertz CT molecular complexity index is 819. The first kappa shape index (κ1) is 28.1. The molecule has 1 aliphatic rings. The van der Waals surface area contributed by atoms with E-state index >= 15 is 0 Å². The molecular weight excluding hydrogens is 434 g/mol. The van der Waals surface area contributed by atoms with Gasteiger partial charge in [-0.1, -0.05) is 52.9 Å². The number of rotatable bonds is 14. The summed E-state index contributed by atoms with van der Waals surface area (Å²) >= 11 is 0. The van der Waals surface area contributed by atoms with E-state index in [1.807, 2.05) is 0 Å². The van der Waals surface area contributed by atoms with Crippen LogP contribution in [0, 0.1) is 10.1 Å². The summed E-state index contributed by atoms with van der Waals surface area (Å²) in [7, 11) is 1.52. The van der Waals surface area contributed by atoms with Crippen molar-refractivity contribution in [2.75, 3.05) is 18.5 Å². The molecule has 0 bridgehead atoms. The minimum atomic E-state index is -0.803. The summed E-state index contributed by atoms with van der Waals surface area (Å²) < 4.78 is 6.55. The molecule has 8 heteroatoms. The van der Waals surface area contributed by atoms with Crippen LogP contribution in [-0.4, -0.2) is 41.2 Å². The maximum atomic E-state index is 12.0. The van der Waals surface area contributed by atoms with Gasteiger partial charge in [-0.15, -0.1) is 0 Å². The van der Waals surface area contributed by atoms with Gasteiger partial charge in [0.05, 0.1) is 17.0 Å². The van der Waals surface area contributed by atoms with E-state index in [1.165, 1.54) is 24.9 Å². The van der Waals surface area contributed by atoms with E-state index in [-0.39, 0.29) is 17.3 Å². The number of aliphatic hydroxyl groups excluding tert-OH is 1. The monoisotopic (exact) mass is 477 g/mol. The van der Waals surface area contributed by atoms with Gasteiger partial charge in [0.1, 0.15) is 23.1 Å². The standard InChI is InChI=1S/C26H43N3O5/c1-6-9-12-14-26(15-13-10-7-2)25(31)24(27-16-11-8-3)20-17-21(28(5)19(4)30)22(29(32)33)18-23(20)34-26/h17-18,24-25,27,31H,6-16H2,1-5H3. The fourth-order valence-corrected chi connectivity index (χ4v) is 4.77. The molecule has 2 unspecified atom stereocenters. The maximum Gasteiger partial charge on any atom is 0.296 e. The minimum absolute atomic E-state index is 0.170. The molecule has 0 saturated heterocycles. The molecule has 2 N–H and O–H groups in total. The first-order chi connectivity index (χ1) is 16.2. The molecule has 34 heavy (non-hydrogen) atoms. The van der Waals surface area contributed by atoms with Gasteiger partial charge < -0.3 is 20.1 Å². The predicted octanol–water partition coefficient (Wildman–Crippen LogP) is 5.66. The molecule has 0 fully saturated rings. The highest BCUT2D eigenvalue weighted by Crippen LogP contribution is 2.48. The van der Waals surface area contributed by atoms with Crippen LogP contribution in [-0.2, 0) is 4.79 Å². The first-order valence-electron chi connectivity index (χ1n) is 12.9. The zero-order chi connectivity index (χ0) is 25.3. The van der Waals surface area contributed by atoms with Crippen molar-refractivity contribution in [3.63, 3.8) is 0 Å². The van der Waals surface area contributed by atoms with Crippen LogP contribution in [0.1, 0.15) is 104 Å². The second-order valence-corrected chi connectivity index (χ2v) is 9.53. The average Bonchev–Trinajstić information content (AvgIpc) is 2.80. The number of ether oxygens (including phenoxy) is 1. The summed E-state index contributed by atoms with van der Waals surface area (Å²) in [5.74, 6) is 0.129.